The smallest absolute Gasteiger partial charge is 0.319 e. The molecule has 4 aromatic rings. The summed E-state index contributed by atoms with van der Waals surface area (Å²) in [6.07, 6.45) is 5.60. The topological polar surface area (TPSA) is 79.0 Å². The normalized spacial score (nSPS) is 11.8. The molecule has 1 unspecified atom stereocenters. The van der Waals surface area contributed by atoms with Gasteiger partial charge in [-0.05, 0) is 42.3 Å². The van der Waals surface area contributed by atoms with E-state index in [1.54, 1.807) is 6.20 Å². The van der Waals surface area contributed by atoms with Crippen molar-refractivity contribution >= 4 is 22.6 Å². The fraction of sp³-hybridized carbons (Fsp3) is 0.167. The number of pyridine rings is 1. The standard InChI is InChI=1S/C24H24N4O2/c1-2-30-23-12-6-5-11-22(23)28-24(29)27-15-19(17-8-7-13-25-14-17)20-16-26-21-10-4-3-9-18(20)21/h3-14,16,19,26H,2,15H2,1H3,(H2,27,28,29). The Kier molecular flexibility index (Phi) is 5.94. The quantitative estimate of drug-likeness (QED) is 0.412. The lowest BCUT2D eigenvalue weighted by atomic mass is 9.92. The fourth-order valence-corrected chi connectivity index (χ4v) is 3.58. The van der Waals surface area contributed by atoms with Gasteiger partial charge in [0.2, 0.25) is 0 Å². The van der Waals surface area contributed by atoms with E-state index in [0.717, 1.165) is 22.0 Å². The first-order valence-corrected chi connectivity index (χ1v) is 9.99. The number of ether oxygens (including phenoxy) is 1. The largest absolute Gasteiger partial charge is 0.492 e. The number of benzene rings is 2. The zero-order valence-electron chi connectivity index (χ0n) is 16.8. The monoisotopic (exact) mass is 400 g/mol. The van der Waals surface area contributed by atoms with Crippen molar-refractivity contribution in [3.8, 4) is 5.75 Å². The van der Waals surface area contributed by atoms with Gasteiger partial charge in [-0.25, -0.2) is 4.79 Å². The van der Waals surface area contributed by atoms with Gasteiger partial charge < -0.3 is 20.4 Å². The molecule has 2 aromatic carbocycles. The number of hydrogen-bond donors (Lipinski definition) is 3. The number of aromatic amines is 1. The van der Waals surface area contributed by atoms with Crippen molar-refractivity contribution in [3.63, 3.8) is 0 Å². The average Bonchev–Trinajstić information content (AvgIpc) is 3.20. The van der Waals surface area contributed by atoms with Crippen LogP contribution in [0.15, 0.2) is 79.3 Å². The SMILES string of the molecule is CCOc1ccccc1NC(=O)NCC(c1cccnc1)c1c[nH]c2ccccc12. The number of carbonyl (C=O) groups is 1. The first-order chi connectivity index (χ1) is 14.8. The molecule has 3 N–H and O–H groups in total. The summed E-state index contributed by atoms with van der Waals surface area (Å²) in [5, 5.41) is 7.03. The van der Waals surface area contributed by atoms with Crippen LogP contribution in [0.1, 0.15) is 24.0 Å². The Morgan fingerprint density at radius 2 is 1.93 bits per heavy atom. The van der Waals surface area contributed by atoms with Gasteiger partial charge >= 0.3 is 6.03 Å². The number of fused-ring (bicyclic) bond motifs is 1. The second-order valence-corrected chi connectivity index (χ2v) is 6.89. The number of anilines is 1. The van der Waals surface area contributed by atoms with Gasteiger partial charge in [0.05, 0.1) is 12.3 Å². The molecule has 2 aromatic heterocycles. The van der Waals surface area contributed by atoms with Crippen LogP contribution in [0, 0.1) is 0 Å². The summed E-state index contributed by atoms with van der Waals surface area (Å²) in [6, 6.07) is 19.2. The molecule has 0 saturated carbocycles. The van der Waals surface area contributed by atoms with E-state index in [0.29, 0.717) is 24.6 Å². The van der Waals surface area contributed by atoms with Crippen molar-refractivity contribution in [1.29, 1.82) is 0 Å². The number of H-pyrrole nitrogens is 1. The number of nitrogens with zero attached hydrogens (tertiary/aromatic N) is 1. The predicted molar refractivity (Wildman–Crippen MR) is 119 cm³/mol. The molecular formula is C24H24N4O2. The maximum absolute atomic E-state index is 12.6. The first kappa shape index (κ1) is 19.5. The minimum Gasteiger partial charge on any atom is -0.492 e. The number of amides is 2. The third-order valence-electron chi connectivity index (χ3n) is 4.99. The molecule has 0 aliphatic carbocycles. The second-order valence-electron chi connectivity index (χ2n) is 6.89. The Morgan fingerprint density at radius 1 is 1.10 bits per heavy atom. The molecule has 4 rings (SSSR count). The molecule has 0 bridgehead atoms. The number of urea groups is 1. The third-order valence-corrected chi connectivity index (χ3v) is 4.99. The van der Waals surface area contributed by atoms with Crippen LogP contribution in [0.25, 0.3) is 10.9 Å². The van der Waals surface area contributed by atoms with Crippen molar-refractivity contribution in [2.75, 3.05) is 18.5 Å². The summed E-state index contributed by atoms with van der Waals surface area (Å²) >= 11 is 0. The van der Waals surface area contributed by atoms with E-state index in [4.69, 9.17) is 4.74 Å². The third kappa shape index (κ3) is 4.27. The Bertz CT molecular complexity index is 1120. The predicted octanol–water partition coefficient (Wildman–Crippen LogP) is 4.92. The lowest BCUT2D eigenvalue weighted by Gasteiger charge is -2.18. The van der Waals surface area contributed by atoms with Gasteiger partial charge in [-0.1, -0.05) is 36.4 Å². The minimum absolute atomic E-state index is 0.0391. The highest BCUT2D eigenvalue weighted by atomic mass is 16.5. The number of carbonyl (C=O) groups excluding carboxylic acids is 1. The number of para-hydroxylation sites is 3. The van der Waals surface area contributed by atoms with Crippen LogP contribution in [0.3, 0.4) is 0 Å². The molecule has 0 radical (unpaired) electrons. The van der Waals surface area contributed by atoms with Gasteiger partial charge in [0.25, 0.3) is 0 Å². The highest BCUT2D eigenvalue weighted by molar-refractivity contribution is 5.91. The van der Waals surface area contributed by atoms with Crippen LogP contribution < -0.4 is 15.4 Å². The summed E-state index contributed by atoms with van der Waals surface area (Å²) in [7, 11) is 0. The number of rotatable bonds is 7. The van der Waals surface area contributed by atoms with E-state index in [2.05, 4.69) is 26.7 Å². The van der Waals surface area contributed by atoms with Crippen molar-refractivity contribution in [1.82, 2.24) is 15.3 Å². The Morgan fingerprint density at radius 3 is 2.77 bits per heavy atom. The average molecular weight is 400 g/mol. The second kappa shape index (κ2) is 9.13. The van der Waals surface area contributed by atoms with Crippen LogP contribution in [-0.4, -0.2) is 29.2 Å². The fourth-order valence-electron chi connectivity index (χ4n) is 3.58. The van der Waals surface area contributed by atoms with Gasteiger partial charge in [-0.15, -0.1) is 0 Å². The summed E-state index contributed by atoms with van der Waals surface area (Å²) in [5.74, 6) is 0.610. The zero-order valence-corrected chi connectivity index (χ0v) is 16.8. The van der Waals surface area contributed by atoms with Gasteiger partial charge in [0.15, 0.2) is 0 Å². The molecule has 2 heterocycles. The van der Waals surface area contributed by atoms with Crippen LogP contribution >= 0.6 is 0 Å². The van der Waals surface area contributed by atoms with Gasteiger partial charge in [-0.3, -0.25) is 4.98 Å². The van der Waals surface area contributed by atoms with E-state index in [-0.39, 0.29) is 11.9 Å². The molecule has 0 spiro atoms. The number of nitrogens with one attached hydrogen (secondary N) is 3. The Hall–Kier alpha value is -3.80. The minimum atomic E-state index is -0.282. The maximum atomic E-state index is 12.6. The van der Waals surface area contributed by atoms with Gasteiger partial charge in [-0.2, -0.15) is 0 Å². The highest BCUT2D eigenvalue weighted by Crippen LogP contribution is 2.30. The molecule has 0 aliphatic rings. The van der Waals surface area contributed by atoms with Crippen LogP contribution in [0.2, 0.25) is 0 Å². The molecule has 152 valence electrons. The van der Waals surface area contributed by atoms with E-state index in [1.165, 1.54) is 0 Å². The summed E-state index contributed by atoms with van der Waals surface area (Å²) < 4.78 is 5.58. The maximum Gasteiger partial charge on any atom is 0.319 e. The van der Waals surface area contributed by atoms with Gasteiger partial charge in [0, 0.05) is 42.0 Å². The summed E-state index contributed by atoms with van der Waals surface area (Å²) in [4.78, 5) is 20.2. The van der Waals surface area contributed by atoms with Crippen molar-refractivity contribution < 1.29 is 9.53 Å². The summed E-state index contributed by atoms with van der Waals surface area (Å²) in [5.41, 5.74) is 3.87. The summed E-state index contributed by atoms with van der Waals surface area (Å²) in [6.45, 7) is 2.87. The van der Waals surface area contributed by atoms with Crippen LogP contribution in [0.4, 0.5) is 10.5 Å². The molecule has 2 amide bonds. The van der Waals surface area contributed by atoms with Crippen molar-refractivity contribution in [2.24, 2.45) is 0 Å². The molecule has 1 atom stereocenters. The molecule has 0 saturated heterocycles. The van der Waals surface area contributed by atoms with E-state index < -0.39 is 0 Å². The molecule has 0 aliphatic heterocycles. The molecule has 6 nitrogen and oxygen atoms in total. The number of aromatic nitrogens is 2. The van der Waals surface area contributed by atoms with E-state index in [9.17, 15) is 4.79 Å². The molecule has 6 heteroatoms. The lowest BCUT2D eigenvalue weighted by molar-refractivity contribution is 0.251. The zero-order chi connectivity index (χ0) is 20.8. The molecular weight excluding hydrogens is 376 g/mol. The van der Waals surface area contributed by atoms with Crippen LogP contribution in [0.5, 0.6) is 5.75 Å². The van der Waals surface area contributed by atoms with Gasteiger partial charge in [0.1, 0.15) is 5.75 Å². The molecule has 0 fully saturated rings. The van der Waals surface area contributed by atoms with Crippen LogP contribution in [-0.2, 0) is 0 Å². The lowest BCUT2D eigenvalue weighted by Crippen LogP contribution is -2.32. The van der Waals surface area contributed by atoms with Crippen molar-refractivity contribution in [3.05, 3.63) is 90.4 Å². The number of hydrogen-bond acceptors (Lipinski definition) is 3. The molecule has 30 heavy (non-hydrogen) atoms. The Balaban J connectivity index is 1.54. The highest BCUT2D eigenvalue weighted by Gasteiger charge is 2.19. The van der Waals surface area contributed by atoms with E-state index in [1.807, 2.05) is 73.9 Å². The van der Waals surface area contributed by atoms with Crippen molar-refractivity contribution in [2.45, 2.75) is 12.8 Å². The first-order valence-electron chi connectivity index (χ1n) is 9.99. The Labute approximate surface area is 175 Å². The van der Waals surface area contributed by atoms with E-state index >= 15 is 0 Å².